The molecule has 2 heterocycles. The van der Waals surface area contributed by atoms with Crippen LogP contribution in [0.2, 0.25) is 0 Å². The van der Waals surface area contributed by atoms with Gasteiger partial charge in [-0.15, -0.1) is 11.3 Å². The van der Waals surface area contributed by atoms with E-state index in [9.17, 15) is 4.79 Å². The molecule has 0 aliphatic carbocycles. The third kappa shape index (κ3) is 2.57. The molecule has 0 aliphatic heterocycles. The van der Waals surface area contributed by atoms with Gasteiger partial charge < -0.3 is 0 Å². The van der Waals surface area contributed by atoms with Gasteiger partial charge in [0.1, 0.15) is 0 Å². The summed E-state index contributed by atoms with van der Waals surface area (Å²) < 4.78 is 1.78. The smallest absolute Gasteiger partial charge is 0.195 e. The number of thiophene rings is 1. The number of nitrogens with zero attached hydrogens (tertiary/aromatic N) is 1. The average molecular weight is 411 g/mol. The van der Waals surface area contributed by atoms with Crippen LogP contribution in [-0.4, -0.2) is 10.8 Å². The molecule has 0 saturated heterocycles. The second kappa shape index (κ2) is 5.39. The molecule has 2 nitrogen and oxygen atoms in total. The van der Waals surface area contributed by atoms with E-state index in [1.54, 1.807) is 0 Å². The molecule has 0 spiro atoms. The first-order valence-electron chi connectivity index (χ1n) is 5.91. The number of ketones is 1. The fraction of sp³-hybridized carbons (Fsp3) is 0.0667. The van der Waals surface area contributed by atoms with Crippen LogP contribution in [0.15, 0.2) is 44.0 Å². The normalized spacial score (nSPS) is 10.9. The van der Waals surface area contributed by atoms with Crippen molar-refractivity contribution in [3.63, 3.8) is 0 Å². The van der Waals surface area contributed by atoms with Crippen molar-refractivity contribution in [2.45, 2.75) is 6.92 Å². The number of carbonyl (C=O) groups excluding carboxylic acids is 1. The number of benzene rings is 1. The Labute approximate surface area is 137 Å². The van der Waals surface area contributed by atoms with Gasteiger partial charge in [-0.05, 0) is 69.1 Å². The third-order valence-corrected chi connectivity index (χ3v) is 5.33. The zero-order chi connectivity index (χ0) is 14.3. The molecule has 1 aromatic carbocycles. The maximum atomic E-state index is 12.5. The van der Waals surface area contributed by atoms with Crippen molar-refractivity contribution in [1.29, 1.82) is 0 Å². The summed E-state index contributed by atoms with van der Waals surface area (Å²) in [5, 5.41) is 0.979. The molecule has 20 heavy (non-hydrogen) atoms. The third-order valence-electron chi connectivity index (χ3n) is 2.99. The van der Waals surface area contributed by atoms with Gasteiger partial charge in [0.05, 0.1) is 13.1 Å². The quantitative estimate of drug-likeness (QED) is 0.532. The molecular formula is C15H9Br2NOS. The predicted molar refractivity (Wildman–Crippen MR) is 89.6 cm³/mol. The van der Waals surface area contributed by atoms with Crippen molar-refractivity contribution < 1.29 is 4.79 Å². The highest BCUT2D eigenvalue weighted by Gasteiger charge is 2.16. The Morgan fingerprint density at radius 1 is 1.15 bits per heavy atom. The van der Waals surface area contributed by atoms with Gasteiger partial charge in [-0.3, -0.25) is 9.78 Å². The molecular weight excluding hydrogens is 402 g/mol. The molecule has 0 atom stereocenters. The van der Waals surface area contributed by atoms with E-state index in [-0.39, 0.29) is 5.78 Å². The van der Waals surface area contributed by atoms with Crippen LogP contribution in [0.5, 0.6) is 0 Å². The molecule has 0 N–H and O–H groups in total. The van der Waals surface area contributed by atoms with Crippen molar-refractivity contribution in [3.05, 3.63) is 60.8 Å². The van der Waals surface area contributed by atoms with Gasteiger partial charge in [0, 0.05) is 22.2 Å². The van der Waals surface area contributed by atoms with Crippen LogP contribution in [0.1, 0.15) is 21.6 Å². The minimum absolute atomic E-state index is 0.0151. The Bertz CT molecular complexity index is 826. The number of carbonyl (C=O) groups is 1. The van der Waals surface area contributed by atoms with Gasteiger partial charge in [-0.25, -0.2) is 0 Å². The van der Waals surface area contributed by atoms with Crippen molar-refractivity contribution >= 4 is 59.9 Å². The van der Waals surface area contributed by atoms with Crippen molar-refractivity contribution in [3.8, 4) is 0 Å². The second-order valence-corrected chi connectivity index (χ2v) is 8.18. The van der Waals surface area contributed by atoms with Crippen LogP contribution in [0.3, 0.4) is 0 Å². The monoisotopic (exact) mass is 409 g/mol. The van der Waals surface area contributed by atoms with Gasteiger partial charge in [0.15, 0.2) is 5.78 Å². The first-order chi connectivity index (χ1) is 9.54. The van der Waals surface area contributed by atoms with Gasteiger partial charge in [0.2, 0.25) is 0 Å². The summed E-state index contributed by atoms with van der Waals surface area (Å²) in [5.74, 6) is 0.0151. The summed E-state index contributed by atoms with van der Waals surface area (Å²) >= 11 is 8.33. The molecule has 3 aromatic rings. The molecule has 0 bridgehead atoms. The molecule has 0 saturated carbocycles. The number of aromatic nitrogens is 1. The lowest BCUT2D eigenvalue weighted by Gasteiger charge is -2.03. The summed E-state index contributed by atoms with van der Waals surface area (Å²) in [6.45, 7) is 1.96. The molecule has 3 rings (SSSR count). The summed E-state index contributed by atoms with van der Waals surface area (Å²) in [4.78, 5) is 17.0. The van der Waals surface area contributed by atoms with E-state index >= 15 is 0 Å². The van der Waals surface area contributed by atoms with Crippen molar-refractivity contribution in [1.82, 2.24) is 4.98 Å². The highest BCUT2D eigenvalue weighted by molar-refractivity contribution is 9.12. The molecule has 100 valence electrons. The lowest BCUT2D eigenvalue weighted by Crippen LogP contribution is -2.00. The summed E-state index contributed by atoms with van der Waals surface area (Å²) in [6.07, 6.45) is 0. The number of hydrogen-bond donors (Lipinski definition) is 0. The lowest BCUT2D eigenvalue weighted by atomic mass is 10.0. The summed E-state index contributed by atoms with van der Waals surface area (Å²) in [5.41, 5.74) is 3.24. The van der Waals surface area contributed by atoms with Gasteiger partial charge in [-0.2, -0.15) is 0 Å². The van der Waals surface area contributed by atoms with Crippen LogP contribution in [0, 0.1) is 6.92 Å². The van der Waals surface area contributed by atoms with E-state index in [1.807, 2.05) is 43.3 Å². The van der Waals surface area contributed by atoms with Gasteiger partial charge in [0.25, 0.3) is 0 Å². The van der Waals surface area contributed by atoms with Gasteiger partial charge in [-0.1, -0.05) is 6.07 Å². The maximum absolute atomic E-state index is 12.5. The summed E-state index contributed by atoms with van der Waals surface area (Å²) in [7, 11) is 0. The Morgan fingerprint density at radius 2 is 1.95 bits per heavy atom. The van der Waals surface area contributed by atoms with Crippen molar-refractivity contribution in [2.24, 2.45) is 0 Å². The zero-order valence-corrected chi connectivity index (χ0v) is 14.5. The van der Waals surface area contributed by atoms with Crippen LogP contribution in [-0.2, 0) is 0 Å². The molecule has 0 radical (unpaired) electrons. The Kier molecular flexibility index (Phi) is 3.75. The number of fused-ring (bicyclic) bond motifs is 1. The highest BCUT2D eigenvalue weighted by Crippen LogP contribution is 2.33. The number of aryl methyl sites for hydroxylation is 1. The number of pyridine rings is 1. The van der Waals surface area contributed by atoms with Gasteiger partial charge >= 0.3 is 0 Å². The Balaban J connectivity index is 2.08. The zero-order valence-electron chi connectivity index (χ0n) is 10.5. The van der Waals surface area contributed by atoms with E-state index in [0.29, 0.717) is 11.1 Å². The van der Waals surface area contributed by atoms with E-state index in [1.165, 1.54) is 11.3 Å². The second-order valence-electron chi connectivity index (χ2n) is 4.43. The Hall–Kier alpha value is -1.04. The predicted octanol–water partition coefficient (Wildman–Crippen LogP) is 5.36. The standard InChI is InChI=1S/C15H9Br2NOS/c1-8-2-3-9-6-10(4-5-12(9)18-8)14(19)11-7-13(16)20-15(11)17/h2-7H,1H3. The lowest BCUT2D eigenvalue weighted by molar-refractivity contribution is 0.103. The molecule has 0 aliphatic rings. The van der Waals surface area contributed by atoms with E-state index in [0.717, 1.165) is 24.2 Å². The molecule has 0 unspecified atom stereocenters. The van der Waals surface area contributed by atoms with Crippen LogP contribution in [0.25, 0.3) is 10.9 Å². The van der Waals surface area contributed by atoms with E-state index in [4.69, 9.17) is 0 Å². The fourth-order valence-corrected chi connectivity index (χ4v) is 4.81. The number of halogens is 2. The number of rotatable bonds is 2. The Morgan fingerprint density at radius 3 is 2.65 bits per heavy atom. The fourth-order valence-electron chi connectivity index (χ4n) is 2.02. The summed E-state index contributed by atoms with van der Waals surface area (Å²) in [6, 6.07) is 11.4. The first-order valence-corrected chi connectivity index (χ1v) is 8.32. The minimum atomic E-state index is 0.0151. The largest absolute Gasteiger partial charge is 0.289 e. The van der Waals surface area contributed by atoms with E-state index < -0.39 is 0 Å². The molecule has 2 aromatic heterocycles. The van der Waals surface area contributed by atoms with Crippen LogP contribution >= 0.6 is 43.2 Å². The minimum Gasteiger partial charge on any atom is -0.289 e. The number of hydrogen-bond acceptors (Lipinski definition) is 3. The molecule has 5 heteroatoms. The van der Waals surface area contributed by atoms with Crippen molar-refractivity contribution in [2.75, 3.05) is 0 Å². The molecule has 0 fully saturated rings. The van der Waals surface area contributed by atoms with E-state index in [2.05, 4.69) is 36.8 Å². The maximum Gasteiger partial charge on any atom is 0.195 e. The SMILES string of the molecule is Cc1ccc2cc(C(=O)c3cc(Br)sc3Br)ccc2n1. The topological polar surface area (TPSA) is 30.0 Å². The highest BCUT2D eigenvalue weighted by atomic mass is 79.9. The first kappa shape index (κ1) is 13.9. The van der Waals surface area contributed by atoms with Crippen LogP contribution < -0.4 is 0 Å². The average Bonchev–Trinajstić information content (AvgIpc) is 2.76. The molecule has 0 amide bonds. The van der Waals surface area contributed by atoms with Crippen LogP contribution in [0.4, 0.5) is 0 Å².